The maximum Gasteiger partial charge on any atom is 0.161 e. The predicted molar refractivity (Wildman–Crippen MR) is 124 cm³/mol. The fraction of sp³-hybridized carbons (Fsp3) is 0.250. The quantitative estimate of drug-likeness (QED) is 0.385. The molecule has 9 heteroatoms. The number of methoxy groups -OCH3 is 1. The van der Waals surface area contributed by atoms with Crippen LogP contribution in [-0.4, -0.2) is 50.3 Å². The van der Waals surface area contributed by atoms with Crippen LogP contribution >= 0.6 is 0 Å². The topological polar surface area (TPSA) is 104 Å². The molecule has 0 unspecified atom stereocenters. The second-order valence-electron chi connectivity index (χ2n) is 8.25. The van der Waals surface area contributed by atoms with Crippen LogP contribution in [0.5, 0.6) is 5.75 Å². The SMILES string of the molecule is COc1cc(F)cc(-c2nccc3[nH]c(-c4n[nH]c5ccc(C6CCNCC6)nc45)nc23)c1. The zero-order valence-corrected chi connectivity index (χ0v) is 18.0. The molecule has 8 nitrogen and oxygen atoms in total. The molecule has 4 aromatic heterocycles. The molecular formula is C24H22FN7O. The molecule has 6 rings (SSSR count). The van der Waals surface area contributed by atoms with Crippen molar-refractivity contribution in [2.45, 2.75) is 18.8 Å². The van der Waals surface area contributed by atoms with Gasteiger partial charge in [-0.15, -0.1) is 0 Å². The predicted octanol–water partition coefficient (Wildman–Crippen LogP) is 4.18. The van der Waals surface area contributed by atoms with E-state index in [2.05, 4.69) is 31.5 Å². The first-order valence-electron chi connectivity index (χ1n) is 11.0. The summed E-state index contributed by atoms with van der Waals surface area (Å²) in [7, 11) is 1.51. The van der Waals surface area contributed by atoms with Crippen LogP contribution in [0.25, 0.3) is 44.8 Å². The van der Waals surface area contributed by atoms with Gasteiger partial charge in [-0.25, -0.2) is 14.4 Å². The summed E-state index contributed by atoms with van der Waals surface area (Å²) in [6, 6.07) is 10.5. The molecule has 166 valence electrons. The number of benzene rings is 1. The van der Waals surface area contributed by atoms with Gasteiger partial charge in [-0.2, -0.15) is 5.10 Å². The lowest BCUT2D eigenvalue weighted by Gasteiger charge is -2.22. The summed E-state index contributed by atoms with van der Waals surface area (Å²) in [5.41, 5.74) is 5.94. The van der Waals surface area contributed by atoms with E-state index in [1.54, 1.807) is 12.3 Å². The minimum absolute atomic E-state index is 0.396. The zero-order valence-electron chi connectivity index (χ0n) is 18.0. The first-order chi connectivity index (χ1) is 16.2. The molecule has 5 heterocycles. The molecule has 0 radical (unpaired) electrons. The highest BCUT2D eigenvalue weighted by atomic mass is 19.1. The Labute approximate surface area is 188 Å². The van der Waals surface area contributed by atoms with Gasteiger partial charge in [0.25, 0.3) is 0 Å². The first-order valence-corrected chi connectivity index (χ1v) is 11.0. The van der Waals surface area contributed by atoms with Crippen LogP contribution in [0.3, 0.4) is 0 Å². The largest absolute Gasteiger partial charge is 0.497 e. The van der Waals surface area contributed by atoms with Gasteiger partial charge in [-0.1, -0.05) is 0 Å². The number of rotatable bonds is 4. The van der Waals surface area contributed by atoms with E-state index in [0.29, 0.717) is 40.0 Å². The third kappa shape index (κ3) is 3.50. The van der Waals surface area contributed by atoms with E-state index in [4.69, 9.17) is 14.7 Å². The average molecular weight is 443 g/mol. The van der Waals surface area contributed by atoms with Crippen molar-refractivity contribution in [2.75, 3.05) is 20.2 Å². The Hall–Kier alpha value is -3.85. The summed E-state index contributed by atoms with van der Waals surface area (Å²) in [5.74, 6) is 1.05. The van der Waals surface area contributed by atoms with Crippen molar-refractivity contribution < 1.29 is 9.13 Å². The number of aromatic nitrogens is 6. The van der Waals surface area contributed by atoms with Gasteiger partial charge in [-0.05, 0) is 56.3 Å². The van der Waals surface area contributed by atoms with E-state index in [9.17, 15) is 4.39 Å². The van der Waals surface area contributed by atoms with Gasteiger partial charge in [0.1, 0.15) is 22.6 Å². The molecule has 1 aliphatic rings. The number of piperidine rings is 1. The van der Waals surface area contributed by atoms with E-state index >= 15 is 0 Å². The fourth-order valence-corrected chi connectivity index (χ4v) is 4.50. The van der Waals surface area contributed by atoms with E-state index in [0.717, 1.165) is 48.2 Å². The summed E-state index contributed by atoms with van der Waals surface area (Å²) >= 11 is 0. The van der Waals surface area contributed by atoms with Crippen molar-refractivity contribution in [1.29, 1.82) is 0 Å². The van der Waals surface area contributed by atoms with Crippen molar-refractivity contribution in [3.05, 3.63) is 54.1 Å². The molecule has 33 heavy (non-hydrogen) atoms. The summed E-state index contributed by atoms with van der Waals surface area (Å²) in [6.07, 6.45) is 3.82. The lowest BCUT2D eigenvalue weighted by molar-refractivity contribution is 0.411. The van der Waals surface area contributed by atoms with Crippen LogP contribution in [0.4, 0.5) is 4.39 Å². The number of halogens is 1. The van der Waals surface area contributed by atoms with Crippen LogP contribution < -0.4 is 10.1 Å². The van der Waals surface area contributed by atoms with Gasteiger partial charge < -0.3 is 15.0 Å². The van der Waals surface area contributed by atoms with E-state index in [1.807, 2.05) is 12.1 Å². The third-order valence-electron chi connectivity index (χ3n) is 6.19. The molecule has 0 aliphatic carbocycles. The second kappa shape index (κ2) is 7.93. The van der Waals surface area contributed by atoms with Crippen molar-refractivity contribution in [3.8, 4) is 28.5 Å². The molecule has 0 bridgehead atoms. The molecule has 1 fully saturated rings. The Bertz CT molecular complexity index is 1470. The Morgan fingerprint density at radius 2 is 1.82 bits per heavy atom. The molecule has 5 aromatic rings. The van der Waals surface area contributed by atoms with Crippen LogP contribution in [0.1, 0.15) is 24.5 Å². The maximum atomic E-state index is 14.1. The standard InChI is InChI=1S/C24H22FN7O/c1-33-16-11-14(10-15(25)12-16)20-21-18(6-9-27-20)29-24(30-21)23-22-19(31-32-23)3-2-17(28-22)13-4-7-26-8-5-13/h2-3,6,9-13,26H,4-5,7-8H2,1H3,(H,29,30)(H,31,32). The number of H-pyrrole nitrogens is 2. The van der Waals surface area contributed by atoms with Gasteiger partial charge in [-0.3, -0.25) is 10.1 Å². The van der Waals surface area contributed by atoms with Crippen molar-refractivity contribution in [2.24, 2.45) is 0 Å². The number of imidazole rings is 1. The smallest absolute Gasteiger partial charge is 0.161 e. The number of ether oxygens (including phenoxy) is 1. The van der Waals surface area contributed by atoms with Crippen molar-refractivity contribution in [1.82, 2.24) is 35.5 Å². The Kier molecular flexibility index (Phi) is 4.76. The monoisotopic (exact) mass is 443 g/mol. The number of fused-ring (bicyclic) bond motifs is 2. The second-order valence-corrected chi connectivity index (χ2v) is 8.25. The van der Waals surface area contributed by atoms with Crippen molar-refractivity contribution >= 4 is 22.1 Å². The highest BCUT2D eigenvalue weighted by molar-refractivity contribution is 5.94. The van der Waals surface area contributed by atoms with Crippen LogP contribution in [0, 0.1) is 5.82 Å². The zero-order chi connectivity index (χ0) is 22.4. The van der Waals surface area contributed by atoms with E-state index in [1.165, 1.54) is 19.2 Å². The molecule has 1 saturated heterocycles. The van der Waals surface area contributed by atoms with Gasteiger partial charge in [0, 0.05) is 29.4 Å². The van der Waals surface area contributed by atoms with Gasteiger partial charge in [0.05, 0.1) is 23.8 Å². The highest BCUT2D eigenvalue weighted by Gasteiger charge is 2.21. The summed E-state index contributed by atoms with van der Waals surface area (Å²) in [4.78, 5) is 17.6. The molecule has 1 aromatic carbocycles. The molecule has 0 spiro atoms. The number of aromatic amines is 2. The van der Waals surface area contributed by atoms with E-state index < -0.39 is 5.82 Å². The van der Waals surface area contributed by atoms with Crippen molar-refractivity contribution in [3.63, 3.8) is 0 Å². The number of hydrogen-bond donors (Lipinski definition) is 3. The molecule has 0 saturated carbocycles. The van der Waals surface area contributed by atoms with Gasteiger partial charge in [0.15, 0.2) is 11.5 Å². The number of nitrogens with one attached hydrogen (secondary N) is 3. The summed E-state index contributed by atoms with van der Waals surface area (Å²) in [6.45, 7) is 2.01. The van der Waals surface area contributed by atoms with E-state index in [-0.39, 0.29) is 0 Å². The van der Waals surface area contributed by atoms with Crippen LogP contribution in [-0.2, 0) is 0 Å². The van der Waals surface area contributed by atoms with Gasteiger partial charge >= 0.3 is 0 Å². The Morgan fingerprint density at radius 3 is 2.67 bits per heavy atom. The maximum absolute atomic E-state index is 14.1. The average Bonchev–Trinajstić information content (AvgIpc) is 3.47. The lowest BCUT2D eigenvalue weighted by Crippen LogP contribution is -2.27. The third-order valence-corrected chi connectivity index (χ3v) is 6.19. The van der Waals surface area contributed by atoms with Crippen LogP contribution in [0.15, 0.2) is 42.6 Å². The number of nitrogens with zero attached hydrogens (tertiary/aromatic N) is 4. The summed E-state index contributed by atoms with van der Waals surface area (Å²) < 4.78 is 19.4. The molecule has 0 amide bonds. The Morgan fingerprint density at radius 1 is 0.970 bits per heavy atom. The molecule has 0 atom stereocenters. The first kappa shape index (κ1) is 19.8. The highest BCUT2D eigenvalue weighted by Crippen LogP contribution is 2.32. The normalized spacial score (nSPS) is 14.8. The molecular weight excluding hydrogens is 421 g/mol. The molecule has 1 aliphatic heterocycles. The fourth-order valence-electron chi connectivity index (χ4n) is 4.50. The van der Waals surface area contributed by atoms with Crippen LogP contribution in [0.2, 0.25) is 0 Å². The molecule has 3 N–H and O–H groups in total. The minimum Gasteiger partial charge on any atom is -0.497 e. The Balaban J connectivity index is 1.46. The van der Waals surface area contributed by atoms with Gasteiger partial charge in [0.2, 0.25) is 0 Å². The minimum atomic E-state index is -0.396. The number of hydrogen-bond acceptors (Lipinski definition) is 6. The number of pyridine rings is 2. The summed E-state index contributed by atoms with van der Waals surface area (Å²) in [5, 5.41) is 11.0. The lowest BCUT2D eigenvalue weighted by atomic mass is 9.94.